The molecule has 0 aliphatic rings. The third kappa shape index (κ3) is 2.87. The molecule has 24 heavy (non-hydrogen) atoms. The smallest absolute Gasteiger partial charge is 0.264 e. The summed E-state index contributed by atoms with van der Waals surface area (Å²) >= 11 is 1.42. The number of hydrogen-bond acceptors (Lipinski definition) is 4. The van der Waals surface area contributed by atoms with E-state index in [1.54, 1.807) is 28.8 Å². The second-order valence-electron chi connectivity index (χ2n) is 5.67. The molecule has 0 atom stereocenters. The first-order valence-corrected chi connectivity index (χ1v) is 8.23. The molecule has 5 nitrogen and oxygen atoms in total. The van der Waals surface area contributed by atoms with Crippen LogP contribution in [-0.2, 0) is 13.6 Å². The van der Waals surface area contributed by atoms with E-state index in [-0.39, 0.29) is 11.7 Å². The lowest BCUT2D eigenvalue weighted by Crippen LogP contribution is -2.25. The molecule has 3 aromatic rings. The van der Waals surface area contributed by atoms with Gasteiger partial charge in [-0.05, 0) is 30.7 Å². The molecule has 3 rings (SSSR count). The van der Waals surface area contributed by atoms with Crippen LogP contribution in [0.5, 0.6) is 5.75 Å². The van der Waals surface area contributed by atoms with Crippen LogP contribution in [0.2, 0.25) is 0 Å². The van der Waals surface area contributed by atoms with Crippen molar-refractivity contribution in [1.29, 1.82) is 0 Å². The van der Waals surface area contributed by atoms with Crippen molar-refractivity contribution in [2.75, 3.05) is 14.2 Å². The van der Waals surface area contributed by atoms with Gasteiger partial charge in [0.1, 0.15) is 4.83 Å². The van der Waals surface area contributed by atoms with Gasteiger partial charge in [-0.25, -0.2) is 4.39 Å². The number of ether oxygens (including phenoxy) is 1. The van der Waals surface area contributed by atoms with Crippen molar-refractivity contribution in [3.05, 3.63) is 46.2 Å². The topological polar surface area (TPSA) is 47.4 Å². The van der Waals surface area contributed by atoms with Gasteiger partial charge in [-0.3, -0.25) is 9.48 Å². The number of rotatable bonds is 4. The summed E-state index contributed by atoms with van der Waals surface area (Å²) in [5.41, 5.74) is 1.62. The highest BCUT2D eigenvalue weighted by molar-refractivity contribution is 7.20. The zero-order valence-electron chi connectivity index (χ0n) is 14.0. The fourth-order valence-electron chi connectivity index (χ4n) is 2.65. The van der Waals surface area contributed by atoms with Gasteiger partial charge in [0.2, 0.25) is 0 Å². The van der Waals surface area contributed by atoms with Gasteiger partial charge < -0.3 is 9.64 Å². The molecule has 126 valence electrons. The van der Waals surface area contributed by atoms with Crippen molar-refractivity contribution in [3.8, 4) is 5.75 Å². The molecule has 0 saturated heterocycles. The van der Waals surface area contributed by atoms with E-state index in [1.807, 2.05) is 20.0 Å². The number of halogens is 1. The van der Waals surface area contributed by atoms with Crippen molar-refractivity contribution in [2.24, 2.45) is 7.05 Å². The molecule has 0 aliphatic carbocycles. The number of methoxy groups -OCH3 is 1. The number of aryl methyl sites for hydroxylation is 2. The maximum Gasteiger partial charge on any atom is 0.264 e. The maximum atomic E-state index is 13.8. The number of fused-ring (bicyclic) bond motifs is 1. The SMILES string of the molecule is COc1ccc(CN(C)C(=O)c2cc3c(C)nn(C)c3s2)cc1F. The summed E-state index contributed by atoms with van der Waals surface area (Å²) in [6.45, 7) is 2.25. The molecular weight excluding hydrogens is 329 g/mol. The highest BCUT2D eigenvalue weighted by atomic mass is 32.1. The standard InChI is InChI=1S/C17H18FN3O2S/c1-10-12-8-15(24-17(12)21(3)19-10)16(22)20(2)9-11-5-6-14(23-4)13(18)7-11/h5-8H,9H2,1-4H3. The maximum absolute atomic E-state index is 13.8. The van der Waals surface area contributed by atoms with Gasteiger partial charge in [-0.2, -0.15) is 5.10 Å². The lowest BCUT2D eigenvalue weighted by atomic mass is 10.2. The second-order valence-corrected chi connectivity index (χ2v) is 6.70. The van der Waals surface area contributed by atoms with E-state index in [4.69, 9.17) is 4.74 Å². The number of carbonyl (C=O) groups is 1. The third-order valence-corrected chi connectivity index (χ3v) is 5.08. The van der Waals surface area contributed by atoms with Crippen LogP contribution in [0, 0.1) is 12.7 Å². The minimum atomic E-state index is -0.431. The summed E-state index contributed by atoms with van der Waals surface area (Å²) in [7, 11) is 5.00. The number of amides is 1. The molecule has 7 heteroatoms. The van der Waals surface area contributed by atoms with Crippen LogP contribution in [0.1, 0.15) is 20.9 Å². The Hall–Kier alpha value is -2.41. The number of carbonyl (C=O) groups excluding carboxylic acids is 1. The zero-order chi connectivity index (χ0) is 17.4. The number of thiophene rings is 1. The summed E-state index contributed by atoms with van der Waals surface area (Å²) in [6.07, 6.45) is 0. The van der Waals surface area contributed by atoms with Gasteiger partial charge in [0.15, 0.2) is 11.6 Å². The van der Waals surface area contributed by atoms with Crippen LogP contribution in [-0.4, -0.2) is 34.7 Å². The molecule has 0 aliphatic heterocycles. The van der Waals surface area contributed by atoms with Crippen LogP contribution in [0.15, 0.2) is 24.3 Å². The van der Waals surface area contributed by atoms with Gasteiger partial charge in [0.25, 0.3) is 5.91 Å². The Morgan fingerprint density at radius 2 is 2.17 bits per heavy atom. The Labute approximate surface area is 143 Å². The predicted molar refractivity (Wildman–Crippen MR) is 92.1 cm³/mol. The van der Waals surface area contributed by atoms with Gasteiger partial charge >= 0.3 is 0 Å². The van der Waals surface area contributed by atoms with Crippen LogP contribution in [0.25, 0.3) is 10.2 Å². The number of hydrogen-bond donors (Lipinski definition) is 0. The molecule has 0 fully saturated rings. The van der Waals surface area contributed by atoms with Crippen molar-refractivity contribution >= 4 is 27.5 Å². The molecule has 0 radical (unpaired) electrons. The van der Waals surface area contributed by atoms with Gasteiger partial charge in [0, 0.05) is 26.0 Å². The molecule has 0 saturated carbocycles. The Balaban J connectivity index is 1.80. The summed E-state index contributed by atoms with van der Waals surface area (Å²) < 4.78 is 20.5. The molecule has 2 aromatic heterocycles. The lowest BCUT2D eigenvalue weighted by Gasteiger charge is -2.16. The average Bonchev–Trinajstić information content (AvgIpc) is 3.09. The van der Waals surface area contributed by atoms with Crippen LogP contribution >= 0.6 is 11.3 Å². The molecule has 1 amide bonds. The van der Waals surface area contributed by atoms with Crippen LogP contribution in [0.3, 0.4) is 0 Å². The summed E-state index contributed by atoms with van der Waals surface area (Å²) in [5, 5.41) is 5.33. The minimum absolute atomic E-state index is 0.0909. The lowest BCUT2D eigenvalue weighted by molar-refractivity contribution is 0.0790. The van der Waals surface area contributed by atoms with E-state index >= 15 is 0 Å². The second kappa shape index (κ2) is 6.24. The van der Waals surface area contributed by atoms with Gasteiger partial charge in [-0.1, -0.05) is 6.07 Å². The summed E-state index contributed by atoms with van der Waals surface area (Å²) in [5.74, 6) is -0.327. The normalized spacial score (nSPS) is 11.0. The summed E-state index contributed by atoms with van der Waals surface area (Å²) in [6, 6.07) is 6.58. The minimum Gasteiger partial charge on any atom is -0.494 e. The monoisotopic (exact) mass is 347 g/mol. The van der Waals surface area contributed by atoms with E-state index in [2.05, 4.69) is 5.10 Å². The number of aromatic nitrogens is 2. The van der Waals surface area contributed by atoms with E-state index in [9.17, 15) is 9.18 Å². The molecule has 1 aromatic carbocycles. The average molecular weight is 347 g/mol. The van der Waals surface area contributed by atoms with Crippen molar-refractivity contribution < 1.29 is 13.9 Å². The van der Waals surface area contributed by atoms with Crippen molar-refractivity contribution in [2.45, 2.75) is 13.5 Å². The quantitative estimate of drug-likeness (QED) is 0.727. The number of benzene rings is 1. The fourth-order valence-corrected chi connectivity index (χ4v) is 3.77. The van der Waals surface area contributed by atoms with E-state index in [1.165, 1.54) is 24.5 Å². The van der Waals surface area contributed by atoms with Gasteiger partial charge in [0.05, 0.1) is 17.7 Å². The highest BCUT2D eigenvalue weighted by Crippen LogP contribution is 2.28. The first-order valence-electron chi connectivity index (χ1n) is 7.41. The van der Waals surface area contributed by atoms with Crippen molar-refractivity contribution in [3.63, 3.8) is 0 Å². The highest BCUT2D eigenvalue weighted by Gasteiger charge is 2.18. The Morgan fingerprint density at radius 1 is 1.42 bits per heavy atom. The van der Waals surface area contributed by atoms with Crippen LogP contribution in [0.4, 0.5) is 4.39 Å². The first kappa shape index (κ1) is 16.4. The molecule has 0 N–H and O–H groups in total. The Morgan fingerprint density at radius 3 is 2.79 bits per heavy atom. The summed E-state index contributed by atoms with van der Waals surface area (Å²) in [4.78, 5) is 15.8. The predicted octanol–water partition coefficient (Wildman–Crippen LogP) is 3.36. The van der Waals surface area contributed by atoms with E-state index in [0.717, 1.165) is 15.9 Å². The zero-order valence-corrected chi connectivity index (χ0v) is 14.8. The molecule has 2 heterocycles. The van der Waals surface area contributed by atoms with Crippen LogP contribution < -0.4 is 4.74 Å². The van der Waals surface area contributed by atoms with Crippen molar-refractivity contribution in [1.82, 2.24) is 14.7 Å². The third-order valence-electron chi connectivity index (χ3n) is 3.89. The van der Waals surface area contributed by atoms with Gasteiger partial charge in [-0.15, -0.1) is 11.3 Å². The fraction of sp³-hybridized carbons (Fsp3) is 0.294. The van der Waals surface area contributed by atoms with E-state index < -0.39 is 5.82 Å². The molecule has 0 spiro atoms. The Bertz CT molecular complexity index is 882. The first-order chi connectivity index (χ1) is 11.4. The molecule has 0 unspecified atom stereocenters. The number of nitrogens with zero attached hydrogens (tertiary/aromatic N) is 3. The Kier molecular flexibility index (Phi) is 4.28. The van der Waals surface area contributed by atoms with E-state index in [0.29, 0.717) is 17.0 Å². The molecular formula is C17H18FN3O2S. The largest absolute Gasteiger partial charge is 0.494 e. The molecule has 0 bridgehead atoms.